The van der Waals surface area contributed by atoms with Crippen LogP contribution in [0.2, 0.25) is 0 Å². The zero-order chi connectivity index (χ0) is 17.4. The Hall–Kier alpha value is -2.41. The number of ether oxygens (including phenoxy) is 2. The maximum Gasteiger partial charge on any atom is 0.252 e. The molecule has 0 saturated carbocycles. The van der Waals surface area contributed by atoms with Crippen molar-refractivity contribution >= 4 is 5.91 Å². The van der Waals surface area contributed by atoms with Crippen molar-refractivity contribution in [3.05, 3.63) is 42.1 Å². The van der Waals surface area contributed by atoms with Crippen LogP contribution >= 0.6 is 0 Å². The Kier molecular flexibility index (Phi) is 6.31. The highest BCUT2D eigenvalue weighted by atomic mass is 16.5. The van der Waals surface area contributed by atoms with Gasteiger partial charge >= 0.3 is 0 Å². The van der Waals surface area contributed by atoms with Crippen molar-refractivity contribution in [1.82, 2.24) is 20.3 Å². The standard InChI is InChI=1S/C17H24N4O3/c1-17(2,3)24-9-8-23-15-5-4-13(10-20-15)16(22)19-7-6-14-11-18-12-21-14/h4-5,10-12H,6-9H2,1-3H3,(H,18,21)(H,19,22). The van der Waals surface area contributed by atoms with E-state index in [9.17, 15) is 4.79 Å². The molecular weight excluding hydrogens is 308 g/mol. The molecule has 0 unspecified atom stereocenters. The number of amides is 1. The molecule has 0 aromatic carbocycles. The van der Waals surface area contributed by atoms with Gasteiger partial charge in [-0.3, -0.25) is 4.79 Å². The first-order valence-corrected chi connectivity index (χ1v) is 7.92. The van der Waals surface area contributed by atoms with Gasteiger partial charge in [0, 0.05) is 37.1 Å². The summed E-state index contributed by atoms with van der Waals surface area (Å²) in [5.41, 5.74) is 1.29. The van der Waals surface area contributed by atoms with Crippen molar-refractivity contribution in [1.29, 1.82) is 0 Å². The first-order valence-electron chi connectivity index (χ1n) is 7.92. The van der Waals surface area contributed by atoms with E-state index in [-0.39, 0.29) is 11.5 Å². The van der Waals surface area contributed by atoms with E-state index in [4.69, 9.17) is 9.47 Å². The molecule has 2 aromatic rings. The number of carbonyl (C=O) groups excluding carboxylic acids is 1. The monoisotopic (exact) mass is 332 g/mol. The number of carbonyl (C=O) groups is 1. The van der Waals surface area contributed by atoms with Gasteiger partial charge < -0.3 is 19.8 Å². The van der Waals surface area contributed by atoms with E-state index in [1.54, 1.807) is 24.7 Å². The Morgan fingerprint density at radius 3 is 2.71 bits per heavy atom. The number of imidazole rings is 1. The molecule has 0 saturated heterocycles. The number of aromatic nitrogens is 3. The smallest absolute Gasteiger partial charge is 0.252 e. The quantitative estimate of drug-likeness (QED) is 0.722. The fraction of sp³-hybridized carbons (Fsp3) is 0.471. The topological polar surface area (TPSA) is 89.1 Å². The highest BCUT2D eigenvalue weighted by Crippen LogP contribution is 2.09. The number of aromatic amines is 1. The van der Waals surface area contributed by atoms with Gasteiger partial charge in [0.25, 0.3) is 5.91 Å². The fourth-order valence-corrected chi connectivity index (χ4v) is 1.93. The van der Waals surface area contributed by atoms with Crippen molar-refractivity contribution in [2.45, 2.75) is 32.8 Å². The van der Waals surface area contributed by atoms with E-state index in [1.165, 1.54) is 6.20 Å². The third kappa shape index (κ3) is 6.37. The van der Waals surface area contributed by atoms with Gasteiger partial charge in [-0.1, -0.05) is 0 Å². The third-order valence-electron chi connectivity index (χ3n) is 3.10. The SMILES string of the molecule is CC(C)(C)OCCOc1ccc(C(=O)NCCc2cnc[nH]2)cn1. The zero-order valence-electron chi connectivity index (χ0n) is 14.3. The van der Waals surface area contributed by atoms with Gasteiger partial charge in [0.2, 0.25) is 5.88 Å². The van der Waals surface area contributed by atoms with Gasteiger partial charge in [0.05, 0.1) is 24.1 Å². The van der Waals surface area contributed by atoms with E-state index < -0.39 is 0 Å². The zero-order valence-corrected chi connectivity index (χ0v) is 14.3. The van der Waals surface area contributed by atoms with Crippen LogP contribution in [0.3, 0.4) is 0 Å². The summed E-state index contributed by atoms with van der Waals surface area (Å²) in [6, 6.07) is 3.37. The van der Waals surface area contributed by atoms with E-state index >= 15 is 0 Å². The summed E-state index contributed by atoms with van der Waals surface area (Å²) in [5.74, 6) is 0.311. The molecule has 1 amide bonds. The Labute approximate surface area is 141 Å². The molecule has 130 valence electrons. The molecule has 2 rings (SSSR count). The lowest BCUT2D eigenvalue weighted by Crippen LogP contribution is -2.26. The molecule has 0 radical (unpaired) electrons. The van der Waals surface area contributed by atoms with Crippen molar-refractivity contribution in [3.63, 3.8) is 0 Å². The second kappa shape index (κ2) is 8.44. The number of rotatable bonds is 8. The first kappa shape index (κ1) is 17.9. The number of pyridine rings is 1. The number of nitrogens with zero attached hydrogens (tertiary/aromatic N) is 2. The maximum absolute atomic E-state index is 12.0. The molecule has 0 bridgehead atoms. The molecule has 0 aliphatic rings. The lowest BCUT2D eigenvalue weighted by atomic mass is 10.2. The summed E-state index contributed by atoms with van der Waals surface area (Å²) in [6.45, 7) is 7.41. The first-order chi connectivity index (χ1) is 11.4. The van der Waals surface area contributed by atoms with Crippen LogP contribution in [0.5, 0.6) is 5.88 Å². The van der Waals surface area contributed by atoms with Crippen molar-refractivity contribution in [3.8, 4) is 5.88 Å². The Bertz CT molecular complexity index is 618. The van der Waals surface area contributed by atoms with Crippen molar-refractivity contribution < 1.29 is 14.3 Å². The summed E-state index contributed by atoms with van der Waals surface area (Å²) in [7, 11) is 0. The van der Waals surface area contributed by atoms with Gasteiger partial charge in [-0.2, -0.15) is 0 Å². The van der Waals surface area contributed by atoms with E-state index in [0.29, 0.717) is 37.6 Å². The number of nitrogens with one attached hydrogen (secondary N) is 2. The summed E-state index contributed by atoms with van der Waals surface area (Å²) >= 11 is 0. The normalized spacial score (nSPS) is 11.3. The van der Waals surface area contributed by atoms with Crippen LogP contribution in [-0.4, -0.2) is 46.2 Å². The van der Waals surface area contributed by atoms with E-state index in [2.05, 4.69) is 20.3 Å². The maximum atomic E-state index is 12.0. The molecule has 2 N–H and O–H groups in total. The molecule has 24 heavy (non-hydrogen) atoms. The predicted molar refractivity (Wildman–Crippen MR) is 90.1 cm³/mol. The molecule has 7 heteroatoms. The van der Waals surface area contributed by atoms with Crippen LogP contribution in [0, 0.1) is 0 Å². The van der Waals surface area contributed by atoms with Crippen LogP contribution in [0.15, 0.2) is 30.9 Å². The Morgan fingerprint density at radius 1 is 1.25 bits per heavy atom. The molecule has 0 aliphatic heterocycles. The number of hydrogen-bond acceptors (Lipinski definition) is 5. The third-order valence-corrected chi connectivity index (χ3v) is 3.10. The molecule has 2 aromatic heterocycles. The van der Waals surface area contributed by atoms with E-state index in [1.807, 2.05) is 20.8 Å². The van der Waals surface area contributed by atoms with Crippen LogP contribution < -0.4 is 10.1 Å². The lowest BCUT2D eigenvalue weighted by Gasteiger charge is -2.19. The fourth-order valence-electron chi connectivity index (χ4n) is 1.93. The lowest BCUT2D eigenvalue weighted by molar-refractivity contribution is -0.0168. The summed E-state index contributed by atoms with van der Waals surface area (Å²) in [5, 5.41) is 2.84. The van der Waals surface area contributed by atoms with Crippen molar-refractivity contribution in [2.24, 2.45) is 0 Å². The Balaban J connectivity index is 1.71. The molecule has 2 heterocycles. The number of hydrogen-bond donors (Lipinski definition) is 2. The van der Waals surface area contributed by atoms with Gasteiger partial charge in [0.1, 0.15) is 6.61 Å². The molecule has 0 aliphatic carbocycles. The second-order valence-electron chi connectivity index (χ2n) is 6.28. The van der Waals surface area contributed by atoms with Crippen LogP contribution in [-0.2, 0) is 11.2 Å². The van der Waals surface area contributed by atoms with Gasteiger partial charge in [-0.05, 0) is 26.8 Å². The highest BCUT2D eigenvalue weighted by molar-refractivity contribution is 5.93. The van der Waals surface area contributed by atoms with Crippen LogP contribution in [0.25, 0.3) is 0 Å². The van der Waals surface area contributed by atoms with Gasteiger partial charge in [0.15, 0.2) is 0 Å². The second-order valence-corrected chi connectivity index (χ2v) is 6.28. The Morgan fingerprint density at radius 2 is 2.08 bits per heavy atom. The summed E-state index contributed by atoms with van der Waals surface area (Å²) in [4.78, 5) is 23.1. The van der Waals surface area contributed by atoms with Crippen LogP contribution in [0.1, 0.15) is 36.8 Å². The summed E-state index contributed by atoms with van der Waals surface area (Å²) < 4.78 is 11.1. The minimum atomic E-state index is -0.186. The molecule has 7 nitrogen and oxygen atoms in total. The van der Waals surface area contributed by atoms with Gasteiger partial charge in [-0.15, -0.1) is 0 Å². The average molecular weight is 332 g/mol. The summed E-state index contributed by atoms with van der Waals surface area (Å²) in [6.07, 6.45) is 5.56. The molecule has 0 atom stereocenters. The highest BCUT2D eigenvalue weighted by Gasteiger charge is 2.10. The van der Waals surface area contributed by atoms with Gasteiger partial charge in [-0.25, -0.2) is 9.97 Å². The molecule has 0 spiro atoms. The minimum absolute atomic E-state index is 0.162. The van der Waals surface area contributed by atoms with Crippen LogP contribution in [0.4, 0.5) is 0 Å². The number of H-pyrrole nitrogens is 1. The average Bonchev–Trinajstić information content (AvgIpc) is 3.04. The molecular formula is C17H24N4O3. The minimum Gasteiger partial charge on any atom is -0.475 e. The molecule has 0 fully saturated rings. The largest absolute Gasteiger partial charge is 0.475 e. The predicted octanol–water partition coefficient (Wildman–Crippen LogP) is 1.97. The van der Waals surface area contributed by atoms with Crippen molar-refractivity contribution in [2.75, 3.05) is 19.8 Å². The van der Waals surface area contributed by atoms with E-state index in [0.717, 1.165) is 5.69 Å².